The van der Waals surface area contributed by atoms with Crippen molar-refractivity contribution >= 4 is 5.97 Å². The monoisotopic (exact) mass is 235 g/mol. The van der Waals surface area contributed by atoms with Gasteiger partial charge < -0.3 is 10.5 Å². The summed E-state index contributed by atoms with van der Waals surface area (Å²) in [4.78, 5) is 11.1. The lowest BCUT2D eigenvalue weighted by Crippen LogP contribution is -2.31. The average Bonchev–Trinajstić information content (AvgIpc) is 2.32. The first-order chi connectivity index (χ1) is 8.04. The number of esters is 1. The van der Waals surface area contributed by atoms with Gasteiger partial charge in [0.25, 0.3) is 0 Å². The summed E-state index contributed by atoms with van der Waals surface area (Å²) >= 11 is 0. The predicted octanol–water partition coefficient (Wildman–Crippen LogP) is 2.13. The molecule has 1 aromatic carbocycles. The molecule has 2 N–H and O–H groups in total. The largest absolute Gasteiger partial charge is 0.468 e. The van der Waals surface area contributed by atoms with Gasteiger partial charge in [-0.25, -0.2) is 0 Å². The minimum Gasteiger partial charge on any atom is -0.468 e. The maximum atomic E-state index is 11.1. The van der Waals surface area contributed by atoms with E-state index in [0.717, 1.165) is 12.8 Å². The molecule has 0 aromatic heterocycles. The Morgan fingerprint density at radius 2 is 2.06 bits per heavy atom. The summed E-state index contributed by atoms with van der Waals surface area (Å²) in [7, 11) is 1.37. The first-order valence-corrected chi connectivity index (χ1v) is 5.94. The van der Waals surface area contributed by atoms with Gasteiger partial charge in [-0.1, -0.05) is 18.2 Å². The molecule has 0 aliphatic rings. The summed E-state index contributed by atoms with van der Waals surface area (Å²) in [5, 5.41) is 0. The van der Waals surface area contributed by atoms with Crippen molar-refractivity contribution in [1.29, 1.82) is 0 Å². The molecule has 1 aromatic rings. The van der Waals surface area contributed by atoms with Gasteiger partial charge in [-0.3, -0.25) is 4.79 Å². The van der Waals surface area contributed by atoms with Crippen molar-refractivity contribution in [3.05, 3.63) is 34.9 Å². The molecule has 3 nitrogen and oxygen atoms in total. The van der Waals surface area contributed by atoms with Crippen molar-refractivity contribution in [2.45, 2.75) is 39.2 Å². The summed E-state index contributed by atoms with van der Waals surface area (Å²) in [5.41, 5.74) is 9.58. The molecule has 0 spiro atoms. The summed E-state index contributed by atoms with van der Waals surface area (Å²) in [6.45, 7) is 4.21. The van der Waals surface area contributed by atoms with Gasteiger partial charge in [0.05, 0.1) is 7.11 Å². The van der Waals surface area contributed by atoms with Crippen LogP contribution in [0.2, 0.25) is 0 Å². The summed E-state index contributed by atoms with van der Waals surface area (Å²) < 4.78 is 4.59. The number of carbonyl (C=O) groups excluding carboxylic acids is 1. The van der Waals surface area contributed by atoms with Crippen molar-refractivity contribution in [2.75, 3.05) is 7.11 Å². The van der Waals surface area contributed by atoms with E-state index in [2.05, 4.69) is 36.8 Å². The van der Waals surface area contributed by atoms with Crippen LogP contribution >= 0.6 is 0 Å². The van der Waals surface area contributed by atoms with Crippen LogP contribution in [-0.4, -0.2) is 19.1 Å². The van der Waals surface area contributed by atoms with Gasteiger partial charge in [-0.15, -0.1) is 0 Å². The second-order valence-corrected chi connectivity index (χ2v) is 4.44. The highest BCUT2D eigenvalue weighted by Crippen LogP contribution is 2.12. The van der Waals surface area contributed by atoms with Gasteiger partial charge in [0.1, 0.15) is 6.04 Å². The van der Waals surface area contributed by atoms with E-state index in [1.807, 2.05) is 0 Å². The zero-order valence-corrected chi connectivity index (χ0v) is 10.8. The van der Waals surface area contributed by atoms with Crippen LogP contribution in [0, 0.1) is 13.8 Å². The van der Waals surface area contributed by atoms with Gasteiger partial charge in [0, 0.05) is 0 Å². The van der Waals surface area contributed by atoms with E-state index >= 15 is 0 Å². The lowest BCUT2D eigenvalue weighted by atomic mass is 10.0. The molecule has 17 heavy (non-hydrogen) atoms. The van der Waals surface area contributed by atoms with Crippen LogP contribution in [0.4, 0.5) is 0 Å². The third-order valence-electron chi connectivity index (χ3n) is 3.06. The number of benzene rings is 1. The number of methoxy groups -OCH3 is 1. The normalized spacial score (nSPS) is 12.2. The molecule has 1 rings (SSSR count). The first-order valence-electron chi connectivity index (χ1n) is 5.94. The van der Waals surface area contributed by atoms with Crippen LogP contribution in [0.5, 0.6) is 0 Å². The summed E-state index contributed by atoms with van der Waals surface area (Å²) in [6, 6.07) is 5.96. The van der Waals surface area contributed by atoms with E-state index in [9.17, 15) is 4.79 Å². The van der Waals surface area contributed by atoms with Crippen molar-refractivity contribution in [3.8, 4) is 0 Å². The van der Waals surface area contributed by atoms with Crippen molar-refractivity contribution < 1.29 is 9.53 Å². The number of nitrogens with two attached hydrogens (primary N) is 1. The van der Waals surface area contributed by atoms with Gasteiger partial charge in [0.15, 0.2) is 0 Å². The molecular weight excluding hydrogens is 214 g/mol. The molecule has 1 atom stereocenters. The molecule has 0 aliphatic carbocycles. The molecule has 3 heteroatoms. The van der Waals surface area contributed by atoms with Crippen LogP contribution in [0.1, 0.15) is 29.5 Å². The van der Waals surface area contributed by atoms with Crippen LogP contribution in [0.15, 0.2) is 18.2 Å². The molecule has 0 fully saturated rings. The molecular formula is C14H21NO2. The van der Waals surface area contributed by atoms with Gasteiger partial charge in [-0.2, -0.15) is 0 Å². The fraction of sp³-hybridized carbons (Fsp3) is 0.500. The average molecular weight is 235 g/mol. The molecule has 94 valence electrons. The van der Waals surface area contributed by atoms with Crippen LogP contribution in [0.3, 0.4) is 0 Å². The van der Waals surface area contributed by atoms with Crippen LogP contribution in [-0.2, 0) is 16.0 Å². The predicted molar refractivity (Wildman–Crippen MR) is 68.8 cm³/mol. The molecule has 0 aliphatic heterocycles. The Morgan fingerprint density at radius 1 is 1.35 bits per heavy atom. The Balaban J connectivity index is 2.40. The van der Waals surface area contributed by atoms with Crippen LogP contribution in [0.25, 0.3) is 0 Å². The van der Waals surface area contributed by atoms with Gasteiger partial charge >= 0.3 is 5.97 Å². The summed E-state index contributed by atoms with van der Waals surface area (Å²) in [5.74, 6) is -0.329. The van der Waals surface area contributed by atoms with E-state index in [4.69, 9.17) is 5.73 Å². The van der Waals surface area contributed by atoms with Crippen molar-refractivity contribution in [1.82, 2.24) is 0 Å². The maximum absolute atomic E-state index is 11.1. The molecule has 1 unspecified atom stereocenters. The first kappa shape index (κ1) is 13.7. The highest BCUT2D eigenvalue weighted by Gasteiger charge is 2.12. The number of hydrogen-bond acceptors (Lipinski definition) is 3. The standard InChI is InChI=1S/C14H21NO2/c1-10-7-8-12(9-11(10)2)5-4-6-13(15)14(16)17-3/h7-9,13H,4-6,15H2,1-3H3. The fourth-order valence-electron chi connectivity index (χ4n) is 1.75. The van der Waals surface area contributed by atoms with Gasteiger partial charge in [-0.05, 0) is 49.8 Å². The maximum Gasteiger partial charge on any atom is 0.322 e. The molecule has 0 radical (unpaired) electrons. The smallest absolute Gasteiger partial charge is 0.322 e. The Hall–Kier alpha value is -1.35. The van der Waals surface area contributed by atoms with Gasteiger partial charge in [0.2, 0.25) is 0 Å². The lowest BCUT2D eigenvalue weighted by molar-refractivity contribution is -0.142. The van der Waals surface area contributed by atoms with Crippen LogP contribution < -0.4 is 5.73 Å². The Labute approximate surface area is 103 Å². The topological polar surface area (TPSA) is 52.3 Å². The van der Waals surface area contributed by atoms with E-state index in [0.29, 0.717) is 6.42 Å². The summed E-state index contributed by atoms with van der Waals surface area (Å²) in [6.07, 6.45) is 2.52. The molecule has 0 amide bonds. The molecule has 0 bridgehead atoms. The third-order valence-corrected chi connectivity index (χ3v) is 3.06. The SMILES string of the molecule is COC(=O)C(N)CCCc1ccc(C)c(C)c1. The molecule has 0 heterocycles. The van der Waals surface area contributed by atoms with E-state index in [1.54, 1.807) is 0 Å². The van der Waals surface area contributed by atoms with Crippen molar-refractivity contribution in [2.24, 2.45) is 5.73 Å². The molecule has 0 saturated carbocycles. The highest BCUT2D eigenvalue weighted by atomic mass is 16.5. The third kappa shape index (κ3) is 4.19. The lowest BCUT2D eigenvalue weighted by Gasteiger charge is -2.09. The minimum absolute atomic E-state index is 0.329. The minimum atomic E-state index is -0.494. The second-order valence-electron chi connectivity index (χ2n) is 4.44. The Kier molecular flexibility index (Phi) is 5.16. The molecule has 0 saturated heterocycles. The number of aryl methyl sites for hydroxylation is 3. The van der Waals surface area contributed by atoms with E-state index in [-0.39, 0.29) is 5.97 Å². The highest BCUT2D eigenvalue weighted by molar-refractivity contribution is 5.75. The number of hydrogen-bond donors (Lipinski definition) is 1. The van der Waals surface area contributed by atoms with Crippen molar-refractivity contribution in [3.63, 3.8) is 0 Å². The zero-order chi connectivity index (χ0) is 12.8. The van der Waals surface area contributed by atoms with E-state index < -0.39 is 6.04 Å². The Bertz CT molecular complexity index is 388. The fourth-order valence-corrected chi connectivity index (χ4v) is 1.75. The number of rotatable bonds is 5. The quantitative estimate of drug-likeness (QED) is 0.795. The number of ether oxygens (including phenoxy) is 1. The Morgan fingerprint density at radius 3 is 2.65 bits per heavy atom. The van der Waals surface area contributed by atoms with E-state index in [1.165, 1.54) is 23.8 Å². The second kappa shape index (κ2) is 6.40. The number of carbonyl (C=O) groups is 1. The zero-order valence-electron chi connectivity index (χ0n) is 10.8.